The second kappa shape index (κ2) is 13.0. The zero-order chi connectivity index (χ0) is 40.0. The number of para-hydroxylation sites is 2. The van der Waals surface area contributed by atoms with Crippen molar-refractivity contribution in [2.24, 2.45) is 0 Å². The fraction of sp³-hybridized carbons (Fsp3) is 0.0690. The number of rotatable bonds is 5. The highest BCUT2D eigenvalue weighted by molar-refractivity contribution is 5.93. The number of ether oxygens (including phenoxy) is 1. The molecule has 284 valence electrons. The van der Waals surface area contributed by atoms with Gasteiger partial charge in [0, 0.05) is 39.2 Å². The number of nitrogens with zero attached hydrogens (tertiary/aromatic N) is 1. The van der Waals surface area contributed by atoms with Gasteiger partial charge < -0.3 is 9.64 Å². The van der Waals surface area contributed by atoms with E-state index in [-0.39, 0.29) is 5.41 Å². The normalized spacial score (nSPS) is 15.8. The predicted octanol–water partition coefficient (Wildman–Crippen LogP) is 15.3. The van der Waals surface area contributed by atoms with E-state index in [0.29, 0.717) is 0 Å². The Bertz CT molecular complexity index is 3150. The fourth-order valence-corrected chi connectivity index (χ4v) is 10.6. The van der Waals surface area contributed by atoms with Crippen LogP contribution in [0, 0.1) is 0 Å². The van der Waals surface area contributed by atoms with Crippen molar-refractivity contribution < 1.29 is 4.74 Å². The van der Waals surface area contributed by atoms with E-state index in [1.54, 1.807) is 0 Å². The Labute approximate surface area is 351 Å². The molecule has 2 heteroatoms. The smallest absolute Gasteiger partial charge is 0.140 e. The Kier molecular flexibility index (Phi) is 7.52. The molecular weight excluding hydrogens is 727 g/mol. The van der Waals surface area contributed by atoms with Gasteiger partial charge in [-0.05, 0) is 104 Å². The van der Waals surface area contributed by atoms with Gasteiger partial charge in [-0.25, -0.2) is 0 Å². The van der Waals surface area contributed by atoms with Crippen molar-refractivity contribution in [2.45, 2.75) is 24.7 Å². The van der Waals surface area contributed by atoms with Crippen LogP contribution < -0.4 is 9.64 Å². The van der Waals surface area contributed by atoms with Crippen LogP contribution in [0.2, 0.25) is 0 Å². The molecule has 9 aromatic carbocycles. The van der Waals surface area contributed by atoms with Crippen molar-refractivity contribution in [1.82, 2.24) is 0 Å². The lowest BCUT2D eigenvalue weighted by molar-refractivity contribution is 0.438. The molecule has 0 aromatic heterocycles. The molecular formula is C58H41NO. The maximum Gasteiger partial charge on any atom is 0.140 e. The van der Waals surface area contributed by atoms with E-state index in [2.05, 4.69) is 231 Å². The molecule has 1 heterocycles. The number of fused-ring (bicyclic) bond motifs is 12. The molecule has 1 spiro atoms. The minimum absolute atomic E-state index is 0.139. The van der Waals surface area contributed by atoms with E-state index < -0.39 is 5.41 Å². The van der Waals surface area contributed by atoms with Crippen LogP contribution in [0.5, 0.6) is 11.5 Å². The second-order valence-corrected chi connectivity index (χ2v) is 16.8. The van der Waals surface area contributed by atoms with Crippen molar-refractivity contribution in [3.63, 3.8) is 0 Å². The molecule has 0 bridgehead atoms. The molecule has 1 unspecified atom stereocenters. The zero-order valence-electron chi connectivity index (χ0n) is 33.6. The highest BCUT2D eigenvalue weighted by Crippen LogP contribution is 2.64. The first-order valence-corrected chi connectivity index (χ1v) is 20.9. The molecule has 0 radical (unpaired) electrons. The van der Waals surface area contributed by atoms with Gasteiger partial charge in [0.2, 0.25) is 0 Å². The van der Waals surface area contributed by atoms with E-state index in [0.717, 1.165) is 50.8 Å². The van der Waals surface area contributed by atoms with Gasteiger partial charge in [-0.1, -0.05) is 184 Å². The highest BCUT2D eigenvalue weighted by Gasteiger charge is 2.51. The van der Waals surface area contributed by atoms with Gasteiger partial charge in [0.15, 0.2) is 0 Å². The van der Waals surface area contributed by atoms with Crippen LogP contribution in [0.4, 0.5) is 17.1 Å². The van der Waals surface area contributed by atoms with Gasteiger partial charge >= 0.3 is 0 Å². The Morgan fingerprint density at radius 1 is 0.333 bits per heavy atom. The summed E-state index contributed by atoms with van der Waals surface area (Å²) >= 11 is 0. The third kappa shape index (κ3) is 4.88. The molecule has 1 aliphatic heterocycles. The number of hydrogen-bond donors (Lipinski definition) is 0. The van der Waals surface area contributed by atoms with Gasteiger partial charge in [0.1, 0.15) is 11.5 Å². The van der Waals surface area contributed by atoms with Gasteiger partial charge in [-0.2, -0.15) is 0 Å². The average Bonchev–Trinajstić information content (AvgIpc) is 3.72. The summed E-state index contributed by atoms with van der Waals surface area (Å²) in [6.45, 7) is 4.72. The SMILES string of the molecule is CC1(C)c2ccccc2-c2ccc(N(c3ccc(-c4ccccc4)cc3)c3ccc4c(c3)C3(c5ccccc5Oc5c(-c6ccccc6)cccc53)c3ccccc3-4)cc21. The van der Waals surface area contributed by atoms with Crippen LogP contribution in [0.3, 0.4) is 0 Å². The van der Waals surface area contributed by atoms with Gasteiger partial charge in [-0.15, -0.1) is 0 Å². The standard InChI is InChI=1S/C58H41NO/c1-57(2)49-23-11-9-20-45(49)47-34-32-42(36-53(47)57)59(41-30-28-39(29-31-41)38-16-5-3-6-17-38)43-33-35-48-46-21-10-12-24-50(46)58(54(48)37-43)51-25-13-14-27-55(51)60-56-44(22-15-26-52(56)58)40-18-7-4-8-19-40/h3-37H,1-2H3. The molecule has 2 aliphatic carbocycles. The Balaban J connectivity index is 1.11. The third-order valence-corrected chi connectivity index (χ3v) is 13.4. The van der Waals surface area contributed by atoms with E-state index in [4.69, 9.17) is 4.74 Å². The van der Waals surface area contributed by atoms with Crippen LogP contribution in [0.15, 0.2) is 212 Å². The molecule has 2 nitrogen and oxygen atoms in total. The largest absolute Gasteiger partial charge is 0.456 e. The van der Waals surface area contributed by atoms with Crippen LogP contribution in [0.25, 0.3) is 44.5 Å². The average molecular weight is 768 g/mol. The summed E-state index contributed by atoms with van der Waals surface area (Å²) in [4.78, 5) is 2.46. The van der Waals surface area contributed by atoms with E-state index in [1.165, 1.54) is 55.6 Å². The maximum absolute atomic E-state index is 7.02. The Morgan fingerprint density at radius 3 is 1.53 bits per heavy atom. The topological polar surface area (TPSA) is 12.5 Å². The molecule has 0 fully saturated rings. The molecule has 0 saturated carbocycles. The number of hydrogen-bond acceptors (Lipinski definition) is 2. The summed E-state index contributed by atoms with van der Waals surface area (Å²) in [5, 5.41) is 0. The molecule has 3 aliphatic rings. The van der Waals surface area contributed by atoms with Crippen molar-refractivity contribution >= 4 is 17.1 Å². The van der Waals surface area contributed by atoms with Gasteiger partial charge in [-0.3, -0.25) is 0 Å². The quantitative estimate of drug-likeness (QED) is 0.173. The lowest BCUT2D eigenvalue weighted by Gasteiger charge is -2.40. The lowest BCUT2D eigenvalue weighted by Crippen LogP contribution is -2.32. The maximum atomic E-state index is 7.02. The Hall–Kier alpha value is -7.42. The first-order chi connectivity index (χ1) is 29.5. The van der Waals surface area contributed by atoms with Crippen molar-refractivity contribution in [3.05, 3.63) is 246 Å². The van der Waals surface area contributed by atoms with Crippen molar-refractivity contribution in [1.29, 1.82) is 0 Å². The molecule has 60 heavy (non-hydrogen) atoms. The zero-order valence-corrected chi connectivity index (χ0v) is 33.6. The monoisotopic (exact) mass is 767 g/mol. The number of benzene rings is 9. The van der Waals surface area contributed by atoms with Crippen molar-refractivity contribution in [2.75, 3.05) is 4.90 Å². The summed E-state index contributed by atoms with van der Waals surface area (Å²) in [6, 6.07) is 77.8. The van der Waals surface area contributed by atoms with E-state index in [1.807, 2.05) is 0 Å². The second-order valence-electron chi connectivity index (χ2n) is 16.8. The minimum Gasteiger partial charge on any atom is -0.456 e. The third-order valence-electron chi connectivity index (χ3n) is 13.4. The predicted molar refractivity (Wildman–Crippen MR) is 247 cm³/mol. The number of anilines is 3. The minimum atomic E-state index is -0.624. The summed E-state index contributed by atoms with van der Waals surface area (Å²) in [5.74, 6) is 1.79. The molecule has 0 N–H and O–H groups in total. The molecule has 1 atom stereocenters. The van der Waals surface area contributed by atoms with Gasteiger partial charge in [0.05, 0.1) is 5.41 Å². The summed E-state index contributed by atoms with van der Waals surface area (Å²) in [6.07, 6.45) is 0. The van der Waals surface area contributed by atoms with Crippen LogP contribution in [-0.2, 0) is 10.8 Å². The lowest BCUT2D eigenvalue weighted by atomic mass is 9.65. The molecule has 9 aromatic rings. The Morgan fingerprint density at radius 2 is 0.817 bits per heavy atom. The van der Waals surface area contributed by atoms with Gasteiger partial charge in [0.25, 0.3) is 0 Å². The molecule has 0 amide bonds. The van der Waals surface area contributed by atoms with E-state index in [9.17, 15) is 0 Å². The first-order valence-electron chi connectivity index (χ1n) is 20.9. The van der Waals surface area contributed by atoms with Crippen LogP contribution >= 0.6 is 0 Å². The first kappa shape index (κ1) is 34.6. The molecule has 0 saturated heterocycles. The van der Waals surface area contributed by atoms with Crippen molar-refractivity contribution in [3.8, 4) is 56.0 Å². The summed E-state index contributed by atoms with van der Waals surface area (Å²) in [5.41, 5.74) is 19.9. The van der Waals surface area contributed by atoms with Crippen LogP contribution in [0.1, 0.15) is 47.2 Å². The van der Waals surface area contributed by atoms with E-state index >= 15 is 0 Å². The van der Waals surface area contributed by atoms with Crippen LogP contribution in [-0.4, -0.2) is 0 Å². The summed E-state index contributed by atoms with van der Waals surface area (Å²) < 4.78 is 7.02. The highest BCUT2D eigenvalue weighted by atomic mass is 16.5. The summed E-state index contributed by atoms with van der Waals surface area (Å²) in [7, 11) is 0. The fourth-order valence-electron chi connectivity index (χ4n) is 10.6. The molecule has 12 rings (SSSR count).